The van der Waals surface area contributed by atoms with Crippen molar-refractivity contribution >= 4 is 87.0 Å². The average Bonchev–Trinajstić information content (AvgIpc) is 3.36. The van der Waals surface area contributed by atoms with Gasteiger partial charge in [0.1, 0.15) is 10.0 Å². The molecule has 2 atom stereocenters. The van der Waals surface area contributed by atoms with Gasteiger partial charge in [-0.05, 0) is 42.0 Å². The van der Waals surface area contributed by atoms with Crippen LogP contribution in [0.1, 0.15) is 21.8 Å². The van der Waals surface area contributed by atoms with E-state index in [4.69, 9.17) is 63.7 Å². The van der Waals surface area contributed by atoms with Crippen molar-refractivity contribution in [2.75, 3.05) is 16.4 Å². The lowest BCUT2D eigenvalue weighted by Gasteiger charge is -2.11. The SMILES string of the molecule is Nc1c(F)cnc(NC(=O)c2cc(NC(=O)C3C(c4cc(Cl)cc(Cl)c4)C3(Cl)Cl)ccc2Cl)c1F. The summed E-state index contributed by atoms with van der Waals surface area (Å²) in [7, 11) is 0. The van der Waals surface area contributed by atoms with Gasteiger partial charge in [-0.15, -0.1) is 23.2 Å². The van der Waals surface area contributed by atoms with Crippen LogP contribution in [0.15, 0.2) is 42.6 Å². The van der Waals surface area contributed by atoms with E-state index in [1.807, 2.05) is 0 Å². The predicted molar refractivity (Wildman–Crippen MR) is 134 cm³/mol. The van der Waals surface area contributed by atoms with E-state index in [1.165, 1.54) is 24.3 Å². The van der Waals surface area contributed by atoms with Gasteiger partial charge in [-0.1, -0.05) is 34.8 Å². The highest BCUT2D eigenvalue weighted by Gasteiger charge is 2.67. The number of hydrogen-bond acceptors (Lipinski definition) is 4. The second kappa shape index (κ2) is 9.59. The van der Waals surface area contributed by atoms with E-state index in [-0.39, 0.29) is 16.3 Å². The molecular formula is C22H13Cl5F2N4O2. The second-order valence-corrected chi connectivity index (χ2v) is 10.4. The highest BCUT2D eigenvalue weighted by Crippen LogP contribution is 2.65. The molecule has 0 radical (unpaired) electrons. The van der Waals surface area contributed by atoms with Crippen molar-refractivity contribution in [1.29, 1.82) is 0 Å². The third-order valence-corrected chi connectivity index (χ3v) is 7.01. The van der Waals surface area contributed by atoms with E-state index in [9.17, 15) is 18.4 Å². The molecule has 4 rings (SSSR count). The number of nitrogens with zero attached hydrogens (tertiary/aromatic N) is 1. The second-order valence-electron chi connectivity index (χ2n) is 7.65. The van der Waals surface area contributed by atoms with E-state index in [2.05, 4.69) is 15.6 Å². The van der Waals surface area contributed by atoms with E-state index in [0.29, 0.717) is 21.8 Å². The smallest absolute Gasteiger partial charge is 0.258 e. The van der Waals surface area contributed by atoms with Crippen molar-refractivity contribution in [2.24, 2.45) is 5.92 Å². The Labute approximate surface area is 222 Å². The molecule has 1 aliphatic rings. The quantitative estimate of drug-likeness (QED) is 0.293. The third kappa shape index (κ3) is 5.13. The number of pyridine rings is 1. The van der Waals surface area contributed by atoms with Crippen LogP contribution in [0.5, 0.6) is 0 Å². The summed E-state index contributed by atoms with van der Waals surface area (Å²) in [5, 5.41) is 5.53. The first-order valence-corrected chi connectivity index (χ1v) is 11.6. The molecule has 0 bridgehead atoms. The highest BCUT2D eigenvalue weighted by atomic mass is 35.5. The van der Waals surface area contributed by atoms with E-state index < -0.39 is 51.1 Å². The van der Waals surface area contributed by atoms with Crippen LogP contribution in [0.25, 0.3) is 0 Å². The number of nitrogens with one attached hydrogen (secondary N) is 2. The van der Waals surface area contributed by atoms with E-state index in [1.54, 1.807) is 12.1 Å². The summed E-state index contributed by atoms with van der Waals surface area (Å²) >= 11 is 30.9. The molecule has 13 heteroatoms. The maximum atomic E-state index is 14.1. The number of aromatic nitrogens is 1. The Morgan fingerprint density at radius 2 is 1.66 bits per heavy atom. The molecular weight excluding hydrogens is 568 g/mol. The Morgan fingerprint density at radius 1 is 1.00 bits per heavy atom. The van der Waals surface area contributed by atoms with Gasteiger partial charge in [-0.25, -0.2) is 13.8 Å². The first kappa shape index (κ1) is 25.7. The van der Waals surface area contributed by atoms with Crippen molar-refractivity contribution in [3.05, 3.63) is 80.4 Å². The molecule has 0 spiro atoms. The number of carbonyl (C=O) groups excluding carboxylic acids is 2. The highest BCUT2D eigenvalue weighted by molar-refractivity contribution is 6.53. The van der Waals surface area contributed by atoms with Gasteiger partial charge in [0.05, 0.1) is 22.7 Å². The number of halogens is 7. The van der Waals surface area contributed by atoms with Crippen LogP contribution >= 0.6 is 58.0 Å². The van der Waals surface area contributed by atoms with Gasteiger partial charge in [0, 0.05) is 21.7 Å². The number of amides is 2. The number of alkyl halides is 2. The van der Waals surface area contributed by atoms with Gasteiger partial charge in [-0.3, -0.25) is 9.59 Å². The van der Waals surface area contributed by atoms with Crippen LogP contribution in [-0.4, -0.2) is 21.1 Å². The minimum atomic E-state index is -1.41. The zero-order chi connectivity index (χ0) is 25.7. The number of rotatable bonds is 5. The van der Waals surface area contributed by atoms with Gasteiger partial charge >= 0.3 is 0 Å². The molecule has 182 valence electrons. The fourth-order valence-electron chi connectivity index (χ4n) is 3.56. The van der Waals surface area contributed by atoms with Crippen molar-refractivity contribution in [3.8, 4) is 0 Å². The van der Waals surface area contributed by atoms with E-state index >= 15 is 0 Å². The number of nitrogen functional groups attached to an aromatic ring is 1. The number of nitrogens with two attached hydrogens (primary N) is 1. The van der Waals surface area contributed by atoms with Gasteiger partial charge in [0.15, 0.2) is 17.5 Å². The number of hydrogen-bond donors (Lipinski definition) is 3. The molecule has 2 aromatic carbocycles. The fraction of sp³-hybridized carbons (Fsp3) is 0.136. The lowest BCUT2D eigenvalue weighted by Crippen LogP contribution is -2.19. The summed E-state index contributed by atoms with van der Waals surface area (Å²) in [6.45, 7) is 0. The summed E-state index contributed by atoms with van der Waals surface area (Å²) in [4.78, 5) is 29.1. The molecule has 1 saturated carbocycles. The molecule has 1 heterocycles. The Kier molecular flexibility index (Phi) is 7.05. The van der Waals surface area contributed by atoms with Crippen LogP contribution in [-0.2, 0) is 4.79 Å². The molecule has 0 aliphatic heterocycles. The summed E-state index contributed by atoms with van der Waals surface area (Å²) in [6, 6.07) is 8.83. The number of benzene rings is 2. The van der Waals surface area contributed by atoms with Gasteiger partial charge < -0.3 is 16.4 Å². The molecule has 1 aromatic heterocycles. The molecule has 4 N–H and O–H groups in total. The summed E-state index contributed by atoms with van der Waals surface area (Å²) in [6.07, 6.45) is 0.663. The Bertz CT molecular complexity index is 1350. The molecule has 2 unspecified atom stereocenters. The van der Waals surface area contributed by atoms with Crippen molar-refractivity contribution < 1.29 is 18.4 Å². The van der Waals surface area contributed by atoms with E-state index in [0.717, 1.165) is 0 Å². The Balaban J connectivity index is 1.52. The fourth-order valence-corrected chi connectivity index (χ4v) is 5.14. The first-order chi connectivity index (χ1) is 16.4. The summed E-state index contributed by atoms with van der Waals surface area (Å²) in [5.41, 5.74) is 5.15. The standard InChI is InChI=1S/C22H13Cl5F2N4O2/c23-9-3-8(4-10(24)5-9)15-16(22(15,26)27)21(35)32-11-1-2-13(25)12(6-11)20(34)33-19-17(29)18(30)14(28)7-31-19/h1-7,15-16H,(H,32,35)(H3,30,31,33,34). The molecule has 2 amide bonds. The van der Waals surface area contributed by atoms with Gasteiger partial charge in [0.2, 0.25) is 5.91 Å². The topological polar surface area (TPSA) is 97.1 Å². The average molecular weight is 581 g/mol. The maximum absolute atomic E-state index is 14.1. The lowest BCUT2D eigenvalue weighted by molar-refractivity contribution is -0.117. The van der Waals surface area contributed by atoms with Crippen molar-refractivity contribution in [1.82, 2.24) is 4.98 Å². The molecule has 1 fully saturated rings. The third-order valence-electron chi connectivity index (χ3n) is 5.30. The number of carbonyl (C=O) groups is 2. The zero-order valence-electron chi connectivity index (χ0n) is 17.2. The molecule has 1 aliphatic carbocycles. The normalized spacial score (nSPS) is 18.1. The summed E-state index contributed by atoms with van der Waals surface area (Å²) < 4.78 is 26.0. The monoisotopic (exact) mass is 578 g/mol. The Morgan fingerprint density at radius 3 is 2.31 bits per heavy atom. The van der Waals surface area contributed by atoms with Crippen LogP contribution in [0.4, 0.5) is 26.0 Å². The van der Waals surface area contributed by atoms with Gasteiger partial charge in [0.25, 0.3) is 5.91 Å². The predicted octanol–water partition coefficient (Wildman–Crippen LogP) is 6.68. The molecule has 3 aromatic rings. The first-order valence-electron chi connectivity index (χ1n) is 9.75. The zero-order valence-corrected chi connectivity index (χ0v) is 21.0. The number of anilines is 3. The van der Waals surface area contributed by atoms with Crippen LogP contribution in [0.2, 0.25) is 15.1 Å². The van der Waals surface area contributed by atoms with Crippen LogP contribution in [0, 0.1) is 17.6 Å². The largest absolute Gasteiger partial charge is 0.394 e. The Hall–Kier alpha value is -2.36. The van der Waals surface area contributed by atoms with Crippen LogP contribution in [0.3, 0.4) is 0 Å². The minimum absolute atomic E-state index is 0.00195. The minimum Gasteiger partial charge on any atom is -0.394 e. The van der Waals surface area contributed by atoms with Gasteiger partial charge in [-0.2, -0.15) is 0 Å². The van der Waals surface area contributed by atoms with Crippen molar-refractivity contribution in [3.63, 3.8) is 0 Å². The van der Waals surface area contributed by atoms with Crippen molar-refractivity contribution in [2.45, 2.75) is 10.3 Å². The summed E-state index contributed by atoms with van der Waals surface area (Å²) in [5.74, 6) is -5.70. The maximum Gasteiger partial charge on any atom is 0.258 e. The molecule has 6 nitrogen and oxygen atoms in total. The van der Waals surface area contributed by atoms with Crippen LogP contribution < -0.4 is 16.4 Å². The molecule has 35 heavy (non-hydrogen) atoms. The molecule has 0 saturated heterocycles. The lowest BCUT2D eigenvalue weighted by atomic mass is 10.1.